The molecule has 3 atom stereocenters. The molecular weight excluding hydrogens is 184 g/mol. The smallest absolute Gasteiger partial charge is 0.0476 e. The first kappa shape index (κ1) is 10.5. The highest BCUT2D eigenvalue weighted by Gasteiger charge is 2.38. The minimum Gasteiger partial charge on any atom is -0.0851 e. The van der Waals surface area contributed by atoms with E-state index in [2.05, 4.69) is 32.2 Å². The van der Waals surface area contributed by atoms with Crippen LogP contribution in [0, 0.1) is 17.8 Å². The number of fused-ring (bicyclic) bond motifs is 2. The van der Waals surface area contributed by atoms with E-state index in [0.29, 0.717) is 0 Å². The molecular formula is C13H24Si. The lowest BCUT2D eigenvalue weighted by molar-refractivity contribution is 0.485. The quantitative estimate of drug-likeness (QED) is 0.477. The van der Waals surface area contributed by atoms with E-state index in [4.69, 9.17) is 0 Å². The lowest BCUT2D eigenvalue weighted by atomic mass is 9.96. The Morgan fingerprint density at radius 2 is 2.00 bits per heavy atom. The van der Waals surface area contributed by atoms with Crippen molar-refractivity contribution < 1.29 is 0 Å². The molecule has 0 nitrogen and oxygen atoms in total. The van der Waals surface area contributed by atoms with Crippen molar-refractivity contribution in [1.29, 1.82) is 0 Å². The fraction of sp³-hybridized carbons (Fsp3) is 0.846. The second-order valence-electron chi connectivity index (χ2n) is 6.16. The molecule has 0 amide bonds. The number of allylic oxidation sites excluding steroid dienone is 2. The van der Waals surface area contributed by atoms with Crippen LogP contribution in [0.25, 0.3) is 0 Å². The van der Waals surface area contributed by atoms with Gasteiger partial charge in [-0.3, -0.25) is 0 Å². The second-order valence-corrected chi connectivity index (χ2v) is 11.4. The molecule has 0 aliphatic heterocycles. The molecule has 1 saturated carbocycles. The van der Waals surface area contributed by atoms with Crippen molar-refractivity contribution in [1.82, 2.24) is 0 Å². The third-order valence-electron chi connectivity index (χ3n) is 4.16. The molecule has 2 bridgehead atoms. The van der Waals surface area contributed by atoms with Crippen LogP contribution in [0.4, 0.5) is 0 Å². The monoisotopic (exact) mass is 208 g/mol. The molecule has 80 valence electrons. The van der Waals surface area contributed by atoms with Crippen LogP contribution < -0.4 is 0 Å². The maximum Gasteiger partial charge on any atom is 0.0476 e. The normalized spacial score (nSPS) is 35.5. The van der Waals surface area contributed by atoms with E-state index in [1.165, 1.54) is 25.3 Å². The van der Waals surface area contributed by atoms with Gasteiger partial charge in [0.15, 0.2) is 0 Å². The molecule has 2 aliphatic carbocycles. The predicted octanol–water partition coefficient (Wildman–Crippen LogP) is 4.32. The zero-order valence-corrected chi connectivity index (χ0v) is 10.9. The lowest BCUT2D eigenvalue weighted by Crippen LogP contribution is -2.29. The summed E-state index contributed by atoms with van der Waals surface area (Å²) in [6.07, 6.45) is 9.38. The summed E-state index contributed by atoms with van der Waals surface area (Å²) >= 11 is 0. The number of rotatable bonds is 4. The molecule has 0 N–H and O–H groups in total. The minimum atomic E-state index is -0.840. The summed E-state index contributed by atoms with van der Waals surface area (Å²) < 4.78 is 0. The maximum atomic E-state index is 2.59. The van der Waals surface area contributed by atoms with Gasteiger partial charge in [-0.05, 0) is 30.6 Å². The van der Waals surface area contributed by atoms with Gasteiger partial charge in [0.2, 0.25) is 0 Å². The van der Waals surface area contributed by atoms with Gasteiger partial charge in [0.25, 0.3) is 0 Å². The fourth-order valence-electron chi connectivity index (χ4n) is 3.62. The summed E-state index contributed by atoms with van der Waals surface area (Å²) in [5.74, 6) is 3.01. The summed E-state index contributed by atoms with van der Waals surface area (Å²) in [4.78, 5) is 0. The Hall–Kier alpha value is -0.0431. The molecule has 2 rings (SSSR count). The minimum absolute atomic E-state index is 0.840. The SMILES string of the molecule is CCC[Si](C)(C)CC1CC2C=CC1C2. The Morgan fingerprint density at radius 3 is 2.50 bits per heavy atom. The average molecular weight is 208 g/mol. The van der Waals surface area contributed by atoms with E-state index < -0.39 is 8.07 Å². The van der Waals surface area contributed by atoms with E-state index in [0.717, 1.165) is 17.8 Å². The lowest BCUT2D eigenvalue weighted by Gasteiger charge is -2.28. The summed E-state index contributed by atoms with van der Waals surface area (Å²) in [5, 5.41) is 0. The van der Waals surface area contributed by atoms with E-state index in [1.807, 2.05) is 0 Å². The maximum absolute atomic E-state index is 2.59. The van der Waals surface area contributed by atoms with Crippen LogP contribution in [0.1, 0.15) is 26.2 Å². The molecule has 1 heteroatoms. The Kier molecular flexibility index (Phi) is 2.87. The first-order valence-corrected chi connectivity index (χ1v) is 9.70. The van der Waals surface area contributed by atoms with E-state index in [9.17, 15) is 0 Å². The van der Waals surface area contributed by atoms with Crippen LogP contribution in [0.2, 0.25) is 25.2 Å². The van der Waals surface area contributed by atoms with Crippen molar-refractivity contribution in [2.75, 3.05) is 0 Å². The van der Waals surface area contributed by atoms with Crippen LogP contribution >= 0.6 is 0 Å². The van der Waals surface area contributed by atoms with Gasteiger partial charge < -0.3 is 0 Å². The standard InChI is InChI=1S/C13H24Si/c1-4-7-14(2,3)10-13-9-11-5-6-12(13)8-11/h5-6,11-13H,4,7-10H2,1-3H3. The first-order chi connectivity index (χ1) is 6.61. The van der Waals surface area contributed by atoms with Crippen LogP contribution in [0.3, 0.4) is 0 Å². The Balaban J connectivity index is 1.89. The Labute approximate surface area is 89.8 Å². The third kappa shape index (κ3) is 2.13. The van der Waals surface area contributed by atoms with Gasteiger partial charge >= 0.3 is 0 Å². The molecule has 0 heterocycles. The zero-order chi connectivity index (χ0) is 10.2. The largest absolute Gasteiger partial charge is 0.0851 e. The molecule has 3 unspecified atom stereocenters. The van der Waals surface area contributed by atoms with Crippen molar-refractivity contribution in [3.8, 4) is 0 Å². The molecule has 2 aliphatic rings. The van der Waals surface area contributed by atoms with Crippen molar-refractivity contribution >= 4 is 8.07 Å². The summed E-state index contributed by atoms with van der Waals surface area (Å²) in [7, 11) is -0.840. The van der Waals surface area contributed by atoms with Gasteiger partial charge in [0.1, 0.15) is 0 Å². The average Bonchev–Trinajstić information content (AvgIpc) is 2.63. The Bertz CT molecular complexity index is 229. The second kappa shape index (κ2) is 3.84. The van der Waals surface area contributed by atoms with Gasteiger partial charge in [-0.25, -0.2) is 0 Å². The molecule has 0 aromatic heterocycles. The van der Waals surface area contributed by atoms with E-state index >= 15 is 0 Å². The summed E-state index contributed by atoms with van der Waals surface area (Å²) in [6, 6.07) is 3.12. The molecule has 0 spiro atoms. The van der Waals surface area contributed by atoms with Crippen molar-refractivity contribution in [3.05, 3.63) is 12.2 Å². The molecule has 0 saturated heterocycles. The molecule has 0 aromatic rings. The van der Waals surface area contributed by atoms with Crippen molar-refractivity contribution in [2.24, 2.45) is 17.8 Å². The molecule has 1 fully saturated rings. The van der Waals surface area contributed by atoms with Gasteiger partial charge in [0, 0.05) is 8.07 Å². The van der Waals surface area contributed by atoms with Crippen LogP contribution in [0.5, 0.6) is 0 Å². The van der Waals surface area contributed by atoms with Crippen molar-refractivity contribution in [2.45, 2.75) is 51.4 Å². The van der Waals surface area contributed by atoms with E-state index in [1.54, 1.807) is 6.04 Å². The summed E-state index contributed by atoms with van der Waals surface area (Å²) in [6.45, 7) is 7.52. The first-order valence-electron chi connectivity index (χ1n) is 6.29. The highest BCUT2D eigenvalue weighted by molar-refractivity contribution is 6.77. The van der Waals surface area contributed by atoms with Gasteiger partial charge in [0.05, 0.1) is 0 Å². The fourth-order valence-corrected chi connectivity index (χ4v) is 7.06. The van der Waals surface area contributed by atoms with Crippen LogP contribution in [-0.2, 0) is 0 Å². The zero-order valence-electron chi connectivity index (χ0n) is 9.92. The van der Waals surface area contributed by atoms with Crippen LogP contribution in [0.15, 0.2) is 12.2 Å². The van der Waals surface area contributed by atoms with E-state index in [-0.39, 0.29) is 0 Å². The topological polar surface area (TPSA) is 0 Å². The molecule has 14 heavy (non-hydrogen) atoms. The highest BCUT2D eigenvalue weighted by Crippen LogP contribution is 2.47. The summed E-state index contributed by atoms with van der Waals surface area (Å²) in [5.41, 5.74) is 0. The van der Waals surface area contributed by atoms with Crippen LogP contribution in [-0.4, -0.2) is 8.07 Å². The van der Waals surface area contributed by atoms with Gasteiger partial charge in [-0.2, -0.15) is 0 Å². The predicted molar refractivity (Wildman–Crippen MR) is 66.2 cm³/mol. The highest BCUT2D eigenvalue weighted by atomic mass is 28.3. The van der Waals surface area contributed by atoms with Crippen molar-refractivity contribution in [3.63, 3.8) is 0 Å². The molecule has 0 aromatic carbocycles. The van der Waals surface area contributed by atoms with Gasteiger partial charge in [-0.1, -0.05) is 50.7 Å². The number of hydrogen-bond acceptors (Lipinski definition) is 0. The number of hydrogen-bond donors (Lipinski definition) is 0. The van der Waals surface area contributed by atoms with Gasteiger partial charge in [-0.15, -0.1) is 0 Å². The Morgan fingerprint density at radius 1 is 1.21 bits per heavy atom. The third-order valence-corrected chi connectivity index (χ3v) is 7.64. The molecule has 0 radical (unpaired) electrons.